The van der Waals surface area contributed by atoms with E-state index >= 15 is 0 Å². The summed E-state index contributed by atoms with van der Waals surface area (Å²) in [6.07, 6.45) is 0. The molecule has 0 unspecified atom stereocenters. The van der Waals surface area contributed by atoms with Gasteiger partial charge in [-0.25, -0.2) is 0 Å². The molecule has 6 nitrogen and oxygen atoms in total. The Kier molecular flexibility index (Phi) is 6.17. The Morgan fingerprint density at radius 2 is 1.79 bits per heavy atom. The number of hydrogen-bond acceptors (Lipinski definition) is 4. The molecular weight excluding hydrogens is 376 g/mol. The molecule has 3 rings (SSSR count). The van der Waals surface area contributed by atoms with Gasteiger partial charge in [0, 0.05) is 49.5 Å². The van der Waals surface area contributed by atoms with E-state index in [1.54, 1.807) is 29.2 Å². The van der Waals surface area contributed by atoms with Crippen LogP contribution in [0, 0.1) is 11.3 Å². The van der Waals surface area contributed by atoms with Crippen LogP contribution in [0.25, 0.3) is 0 Å². The van der Waals surface area contributed by atoms with Crippen LogP contribution in [0.15, 0.2) is 48.5 Å². The van der Waals surface area contributed by atoms with Gasteiger partial charge in [0.2, 0.25) is 11.8 Å². The third kappa shape index (κ3) is 4.62. The maximum Gasteiger partial charge on any atom is 0.242 e. The van der Waals surface area contributed by atoms with Crippen LogP contribution in [0.3, 0.4) is 0 Å². The molecule has 1 fully saturated rings. The molecule has 1 saturated heterocycles. The molecule has 0 saturated carbocycles. The van der Waals surface area contributed by atoms with Gasteiger partial charge in [-0.1, -0.05) is 17.7 Å². The maximum absolute atomic E-state index is 12.7. The lowest BCUT2D eigenvalue weighted by Gasteiger charge is -2.37. The first-order chi connectivity index (χ1) is 13.5. The zero-order chi connectivity index (χ0) is 20.1. The minimum atomic E-state index is -0.212. The molecule has 1 heterocycles. The Morgan fingerprint density at radius 3 is 2.36 bits per heavy atom. The van der Waals surface area contributed by atoms with Gasteiger partial charge < -0.3 is 14.7 Å². The van der Waals surface area contributed by atoms with Crippen LogP contribution in [0.5, 0.6) is 0 Å². The Morgan fingerprint density at radius 1 is 1.11 bits per heavy atom. The monoisotopic (exact) mass is 396 g/mol. The average molecular weight is 397 g/mol. The topological polar surface area (TPSA) is 67.7 Å². The van der Waals surface area contributed by atoms with E-state index in [4.69, 9.17) is 16.9 Å². The van der Waals surface area contributed by atoms with Gasteiger partial charge in [-0.05, 0) is 42.5 Å². The summed E-state index contributed by atoms with van der Waals surface area (Å²) in [5.74, 6) is -0.305. The fourth-order valence-electron chi connectivity index (χ4n) is 3.22. The number of carbonyl (C=O) groups excluding carboxylic acids is 2. The standard InChI is InChI=1S/C21H21ClN4O2/c1-16(27)26(19-7-5-17(14-23)6-8-19)15-21(28)25-11-9-24(10-12-25)20-4-2-3-18(22)13-20/h2-8,13H,9-12,15H2,1H3. The summed E-state index contributed by atoms with van der Waals surface area (Å²) in [6, 6.07) is 16.4. The van der Waals surface area contributed by atoms with Gasteiger partial charge in [-0.15, -0.1) is 0 Å². The lowest BCUT2D eigenvalue weighted by molar-refractivity contribution is -0.131. The first kappa shape index (κ1) is 19.7. The minimum absolute atomic E-state index is 0.0155. The van der Waals surface area contributed by atoms with E-state index in [9.17, 15) is 9.59 Å². The summed E-state index contributed by atoms with van der Waals surface area (Å²) in [4.78, 5) is 30.2. The quantitative estimate of drug-likeness (QED) is 0.796. The summed E-state index contributed by atoms with van der Waals surface area (Å²) in [5.41, 5.74) is 2.16. The minimum Gasteiger partial charge on any atom is -0.368 e. The number of benzene rings is 2. The number of piperazine rings is 1. The lowest BCUT2D eigenvalue weighted by Crippen LogP contribution is -2.51. The molecule has 1 aliphatic heterocycles. The smallest absolute Gasteiger partial charge is 0.242 e. The number of amides is 2. The van der Waals surface area contributed by atoms with Crippen molar-refractivity contribution in [2.75, 3.05) is 42.5 Å². The number of hydrogen-bond donors (Lipinski definition) is 0. The molecule has 1 aliphatic rings. The molecule has 2 aromatic carbocycles. The molecule has 2 aromatic rings. The average Bonchev–Trinajstić information content (AvgIpc) is 2.72. The summed E-state index contributed by atoms with van der Waals surface area (Å²) in [7, 11) is 0. The van der Waals surface area contributed by atoms with Gasteiger partial charge in [0.15, 0.2) is 0 Å². The van der Waals surface area contributed by atoms with Crippen molar-refractivity contribution in [3.8, 4) is 6.07 Å². The van der Waals surface area contributed by atoms with E-state index < -0.39 is 0 Å². The third-order valence-corrected chi connectivity index (χ3v) is 5.02. The Hall–Kier alpha value is -3.04. The molecule has 0 N–H and O–H groups in total. The third-order valence-electron chi connectivity index (χ3n) is 4.79. The molecule has 0 aliphatic carbocycles. The highest BCUT2D eigenvalue weighted by Crippen LogP contribution is 2.21. The van der Waals surface area contributed by atoms with Crippen LogP contribution >= 0.6 is 11.6 Å². The molecule has 0 spiro atoms. The molecule has 28 heavy (non-hydrogen) atoms. The number of halogens is 1. The number of carbonyl (C=O) groups is 2. The number of nitrogens with zero attached hydrogens (tertiary/aromatic N) is 4. The zero-order valence-electron chi connectivity index (χ0n) is 15.6. The van der Waals surface area contributed by atoms with Crippen molar-refractivity contribution in [1.82, 2.24) is 4.90 Å². The molecule has 7 heteroatoms. The van der Waals surface area contributed by atoms with Crippen molar-refractivity contribution < 1.29 is 9.59 Å². The highest BCUT2D eigenvalue weighted by atomic mass is 35.5. The van der Waals surface area contributed by atoms with Crippen molar-refractivity contribution in [2.45, 2.75) is 6.92 Å². The van der Waals surface area contributed by atoms with Crippen LogP contribution < -0.4 is 9.80 Å². The summed E-state index contributed by atoms with van der Waals surface area (Å²) in [5, 5.41) is 9.60. The van der Waals surface area contributed by atoms with E-state index in [0.717, 1.165) is 5.69 Å². The number of anilines is 2. The molecule has 144 valence electrons. The van der Waals surface area contributed by atoms with Crippen molar-refractivity contribution in [3.63, 3.8) is 0 Å². The van der Waals surface area contributed by atoms with Gasteiger partial charge in [-0.3, -0.25) is 9.59 Å². The molecule has 0 radical (unpaired) electrons. The fraction of sp³-hybridized carbons (Fsp3) is 0.286. The predicted octanol–water partition coefficient (Wildman–Crippen LogP) is 2.91. The van der Waals surface area contributed by atoms with Crippen LogP contribution in [0.4, 0.5) is 11.4 Å². The van der Waals surface area contributed by atoms with Crippen molar-refractivity contribution >= 4 is 34.8 Å². The van der Waals surface area contributed by atoms with Crippen LogP contribution in [0.1, 0.15) is 12.5 Å². The SMILES string of the molecule is CC(=O)N(CC(=O)N1CCN(c2cccc(Cl)c2)CC1)c1ccc(C#N)cc1. The first-order valence-corrected chi connectivity index (χ1v) is 9.42. The van der Waals surface area contributed by atoms with E-state index in [-0.39, 0.29) is 18.4 Å². The van der Waals surface area contributed by atoms with Gasteiger partial charge in [0.05, 0.1) is 11.6 Å². The normalized spacial score (nSPS) is 13.8. The van der Waals surface area contributed by atoms with Crippen molar-refractivity contribution in [1.29, 1.82) is 5.26 Å². The van der Waals surface area contributed by atoms with E-state index in [2.05, 4.69) is 4.90 Å². The van der Waals surface area contributed by atoms with Crippen molar-refractivity contribution in [2.24, 2.45) is 0 Å². The number of rotatable bonds is 4. The molecule has 0 atom stereocenters. The van der Waals surface area contributed by atoms with E-state index in [1.165, 1.54) is 11.8 Å². The maximum atomic E-state index is 12.7. The Bertz CT molecular complexity index is 899. The van der Waals surface area contributed by atoms with Crippen LogP contribution in [-0.2, 0) is 9.59 Å². The zero-order valence-corrected chi connectivity index (χ0v) is 16.4. The molecule has 0 bridgehead atoms. The largest absolute Gasteiger partial charge is 0.368 e. The fourth-order valence-corrected chi connectivity index (χ4v) is 3.41. The molecule has 0 aromatic heterocycles. The molecular formula is C21H21ClN4O2. The van der Waals surface area contributed by atoms with Crippen LogP contribution in [0.2, 0.25) is 5.02 Å². The predicted molar refractivity (Wildman–Crippen MR) is 109 cm³/mol. The van der Waals surface area contributed by atoms with Gasteiger partial charge in [-0.2, -0.15) is 5.26 Å². The highest BCUT2D eigenvalue weighted by Gasteiger charge is 2.24. The van der Waals surface area contributed by atoms with Gasteiger partial charge >= 0.3 is 0 Å². The lowest BCUT2D eigenvalue weighted by atomic mass is 10.2. The van der Waals surface area contributed by atoms with Gasteiger partial charge in [0.1, 0.15) is 6.54 Å². The van der Waals surface area contributed by atoms with E-state index in [0.29, 0.717) is 42.5 Å². The Labute approximate surface area is 169 Å². The van der Waals surface area contributed by atoms with Gasteiger partial charge in [0.25, 0.3) is 0 Å². The van der Waals surface area contributed by atoms with Crippen LogP contribution in [-0.4, -0.2) is 49.4 Å². The van der Waals surface area contributed by atoms with E-state index in [1.807, 2.05) is 30.3 Å². The highest BCUT2D eigenvalue weighted by molar-refractivity contribution is 6.30. The Balaban J connectivity index is 1.62. The second-order valence-electron chi connectivity index (χ2n) is 6.61. The summed E-state index contributed by atoms with van der Waals surface area (Å²) in [6.45, 7) is 4.02. The summed E-state index contributed by atoms with van der Waals surface area (Å²) >= 11 is 6.06. The number of nitriles is 1. The van der Waals surface area contributed by atoms with Crippen molar-refractivity contribution in [3.05, 3.63) is 59.1 Å². The second-order valence-corrected chi connectivity index (χ2v) is 7.05. The first-order valence-electron chi connectivity index (χ1n) is 9.04. The summed E-state index contributed by atoms with van der Waals surface area (Å²) < 4.78 is 0. The second kappa shape index (κ2) is 8.77. The molecule has 2 amide bonds.